The number of nitrogens with zero attached hydrogens (tertiary/aromatic N) is 5. The fourth-order valence-electron chi connectivity index (χ4n) is 2.80. The maximum Gasteiger partial charge on any atom is 0.330 e. The summed E-state index contributed by atoms with van der Waals surface area (Å²) in [6, 6.07) is 5.72. The molecule has 3 rings (SSSR count). The van der Waals surface area contributed by atoms with Gasteiger partial charge in [-0.05, 0) is 12.1 Å². The van der Waals surface area contributed by atoms with Crippen molar-refractivity contribution in [3.8, 4) is 0 Å². The Bertz CT molecular complexity index is 864. The number of carbonyl (C=O) groups excluding carboxylic acids is 1. The molecule has 0 unspecified atom stereocenters. The summed E-state index contributed by atoms with van der Waals surface area (Å²) in [6.07, 6.45) is 3.05. The number of aryl methyl sites for hydroxylation is 1. The lowest BCUT2D eigenvalue weighted by Crippen LogP contribution is -2.51. The molecule has 0 bridgehead atoms. The highest BCUT2D eigenvalue weighted by atomic mass is 16.2. The number of pyridine rings is 1. The van der Waals surface area contributed by atoms with Crippen molar-refractivity contribution in [2.75, 3.05) is 31.1 Å². The van der Waals surface area contributed by atoms with E-state index in [9.17, 15) is 14.4 Å². The summed E-state index contributed by atoms with van der Waals surface area (Å²) in [5, 5.41) is 0. The van der Waals surface area contributed by atoms with Crippen LogP contribution in [-0.2, 0) is 14.1 Å². The number of aromatic nitrogens is 3. The van der Waals surface area contributed by atoms with Crippen LogP contribution in [0.3, 0.4) is 0 Å². The molecule has 0 N–H and O–H groups in total. The van der Waals surface area contributed by atoms with Crippen molar-refractivity contribution in [2.45, 2.75) is 0 Å². The lowest BCUT2D eigenvalue weighted by Gasteiger charge is -2.35. The van der Waals surface area contributed by atoms with Gasteiger partial charge in [-0.15, -0.1) is 0 Å². The molecular formula is C16H19N5O3. The Morgan fingerprint density at radius 2 is 1.79 bits per heavy atom. The molecule has 0 spiro atoms. The van der Waals surface area contributed by atoms with Gasteiger partial charge in [-0.2, -0.15) is 0 Å². The summed E-state index contributed by atoms with van der Waals surface area (Å²) in [5.74, 6) is 0.537. The van der Waals surface area contributed by atoms with E-state index in [1.807, 2.05) is 18.2 Å². The van der Waals surface area contributed by atoms with Crippen LogP contribution < -0.4 is 16.1 Å². The van der Waals surface area contributed by atoms with Crippen LogP contribution in [0.15, 0.2) is 40.2 Å². The van der Waals surface area contributed by atoms with Crippen LogP contribution in [0.5, 0.6) is 0 Å². The molecule has 1 saturated heterocycles. The third-order valence-electron chi connectivity index (χ3n) is 4.22. The highest BCUT2D eigenvalue weighted by molar-refractivity contribution is 5.93. The Labute approximate surface area is 138 Å². The highest BCUT2D eigenvalue weighted by Crippen LogP contribution is 2.13. The average molecular weight is 329 g/mol. The van der Waals surface area contributed by atoms with Crippen molar-refractivity contribution in [3.63, 3.8) is 0 Å². The van der Waals surface area contributed by atoms with Gasteiger partial charge in [0.05, 0.1) is 0 Å². The molecule has 0 aromatic carbocycles. The second-order valence-corrected chi connectivity index (χ2v) is 5.77. The highest BCUT2D eigenvalue weighted by Gasteiger charge is 2.25. The van der Waals surface area contributed by atoms with Crippen LogP contribution in [0.25, 0.3) is 0 Å². The smallest absolute Gasteiger partial charge is 0.330 e. The van der Waals surface area contributed by atoms with Crippen LogP contribution in [0.1, 0.15) is 10.4 Å². The van der Waals surface area contributed by atoms with Gasteiger partial charge in [0.15, 0.2) is 0 Å². The molecule has 0 saturated carbocycles. The average Bonchev–Trinajstić information content (AvgIpc) is 2.63. The minimum atomic E-state index is -0.560. The summed E-state index contributed by atoms with van der Waals surface area (Å²) in [7, 11) is 2.90. The summed E-state index contributed by atoms with van der Waals surface area (Å²) in [4.78, 5) is 44.6. The van der Waals surface area contributed by atoms with E-state index in [1.54, 1.807) is 11.1 Å². The Morgan fingerprint density at radius 3 is 2.42 bits per heavy atom. The molecule has 2 aromatic rings. The van der Waals surface area contributed by atoms with Gasteiger partial charge in [-0.25, -0.2) is 9.78 Å². The number of anilines is 1. The molecule has 0 atom stereocenters. The van der Waals surface area contributed by atoms with Crippen LogP contribution in [0, 0.1) is 0 Å². The molecule has 2 aromatic heterocycles. The third-order valence-corrected chi connectivity index (χ3v) is 4.22. The number of hydrogen-bond donors (Lipinski definition) is 0. The summed E-state index contributed by atoms with van der Waals surface area (Å²) in [6.45, 7) is 2.30. The number of piperazine rings is 1. The lowest BCUT2D eigenvalue weighted by atomic mass is 10.2. The van der Waals surface area contributed by atoms with Gasteiger partial charge in [-0.3, -0.25) is 14.2 Å². The van der Waals surface area contributed by atoms with E-state index >= 15 is 0 Å². The molecule has 8 heteroatoms. The summed E-state index contributed by atoms with van der Waals surface area (Å²) in [5.41, 5.74) is -0.988. The van der Waals surface area contributed by atoms with Crippen molar-refractivity contribution in [2.24, 2.45) is 14.1 Å². The van der Waals surface area contributed by atoms with Crippen LogP contribution in [-0.4, -0.2) is 51.1 Å². The predicted octanol–water partition coefficient (Wildman–Crippen LogP) is -0.559. The van der Waals surface area contributed by atoms with E-state index in [1.165, 1.54) is 24.9 Å². The van der Waals surface area contributed by atoms with Crippen LogP contribution in [0.2, 0.25) is 0 Å². The number of amides is 1. The van der Waals surface area contributed by atoms with Crippen molar-refractivity contribution < 1.29 is 4.79 Å². The van der Waals surface area contributed by atoms with E-state index in [-0.39, 0.29) is 11.5 Å². The van der Waals surface area contributed by atoms with E-state index in [0.29, 0.717) is 26.2 Å². The van der Waals surface area contributed by atoms with Gasteiger partial charge in [-0.1, -0.05) is 6.07 Å². The van der Waals surface area contributed by atoms with E-state index in [2.05, 4.69) is 9.88 Å². The Morgan fingerprint density at radius 1 is 1.08 bits per heavy atom. The Hall–Kier alpha value is -2.90. The molecule has 1 aliphatic heterocycles. The largest absolute Gasteiger partial charge is 0.353 e. The van der Waals surface area contributed by atoms with Gasteiger partial charge < -0.3 is 14.4 Å². The van der Waals surface area contributed by atoms with Crippen molar-refractivity contribution in [1.82, 2.24) is 19.0 Å². The van der Waals surface area contributed by atoms with Crippen LogP contribution in [0.4, 0.5) is 5.82 Å². The molecule has 3 heterocycles. The summed E-state index contributed by atoms with van der Waals surface area (Å²) < 4.78 is 2.20. The Balaban J connectivity index is 1.77. The zero-order chi connectivity index (χ0) is 17.3. The monoisotopic (exact) mass is 329 g/mol. The fourth-order valence-corrected chi connectivity index (χ4v) is 2.80. The predicted molar refractivity (Wildman–Crippen MR) is 89.3 cm³/mol. The summed E-state index contributed by atoms with van der Waals surface area (Å²) >= 11 is 0. The van der Waals surface area contributed by atoms with Gasteiger partial charge in [0, 0.05) is 52.7 Å². The second kappa shape index (κ2) is 6.31. The van der Waals surface area contributed by atoms with Crippen molar-refractivity contribution in [3.05, 3.63) is 57.0 Å². The maximum absolute atomic E-state index is 12.6. The molecule has 0 radical (unpaired) electrons. The Kier molecular flexibility index (Phi) is 4.20. The maximum atomic E-state index is 12.6. The minimum absolute atomic E-state index is 0.0193. The molecule has 0 aliphatic carbocycles. The molecule has 1 amide bonds. The second-order valence-electron chi connectivity index (χ2n) is 5.77. The zero-order valence-corrected chi connectivity index (χ0v) is 13.7. The van der Waals surface area contributed by atoms with Gasteiger partial charge in [0.2, 0.25) is 0 Å². The number of rotatable bonds is 2. The molecular weight excluding hydrogens is 310 g/mol. The molecule has 8 nitrogen and oxygen atoms in total. The minimum Gasteiger partial charge on any atom is -0.353 e. The fraction of sp³-hybridized carbons (Fsp3) is 0.375. The normalized spacial score (nSPS) is 14.8. The molecule has 1 aliphatic rings. The standard InChI is InChI=1S/C16H19N5O3/c1-18-11-12(14(22)19(2)16(18)24)15(23)21-9-7-20(8-10-21)13-5-3-4-6-17-13/h3-6,11H,7-10H2,1-2H3. The topological polar surface area (TPSA) is 80.4 Å². The number of hydrogen-bond acceptors (Lipinski definition) is 5. The van der Waals surface area contributed by atoms with Crippen molar-refractivity contribution in [1.29, 1.82) is 0 Å². The SMILES string of the molecule is Cn1cc(C(=O)N2CCN(c3ccccn3)CC2)c(=O)n(C)c1=O. The lowest BCUT2D eigenvalue weighted by molar-refractivity contribution is 0.0743. The van der Waals surface area contributed by atoms with Gasteiger partial charge in [0.1, 0.15) is 11.4 Å². The first-order chi connectivity index (χ1) is 11.5. The van der Waals surface area contributed by atoms with E-state index < -0.39 is 11.2 Å². The van der Waals surface area contributed by atoms with Gasteiger partial charge in [0.25, 0.3) is 11.5 Å². The van der Waals surface area contributed by atoms with Crippen LogP contribution >= 0.6 is 0 Å². The molecule has 24 heavy (non-hydrogen) atoms. The zero-order valence-electron chi connectivity index (χ0n) is 13.7. The first kappa shape index (κ1) is 16.0. The van der Waals surface area contributed by atoms with E-state index in [4.69, 9.17) is 0 Å². The quantitative estimate of drug-likeness (QED) is 0.738. The van der Waals surface area contributed by atoms with Gasteiger partial charge >= 0.3 is 5.69 Å². The third kappa shape index (κ3) is 2.82. The van der Waals surface area contributed by atoms with Crippen molar-refractivity contribution >= 4 is 11.7 Å². The first-order valence-corrected chi connectivity index (χ1v) is 7.71. The molecule has 126 valence electrons. The van der Waals surface area contributed by atoms with E-state index in [0.717, 1.165) is 10.4 Å². The number of carbonyl (C=O) groups is 1. The molecule has 1 fully saturated rings. The first-order valence-electron chi connectivity index (χ1n) is 7.71.